The van der Waals surface area contributed by atoms with Gasteiger partial charge in [-0.1, -0.05) is 66.2 Å². The van der Waals surface area contributed by atoms with E-state index in [9.17, 15) is 18.0 Å². The molecule has 4 nitrogen and oxygen atoms in total. The summed E-state index contributed by atoms with van der Waals surface area (Å²) in [6.07, 6.45) is -4.33. The zero-order valence-corrected chi connectivity index (χ0v) is 18.2. The standard InChI is InChI=1S/C25H19ClF3NO3/c1-32-24(31)20-14-22(19-4-2-3-5-21(19)26)30-23(20)17-8-6-15(7-9-17)16-10-12-18(13-11-16)33-25(27,28)29/h2-13,20,23H,14H2,1H3/t20-,23-/m1/s1. The molecule has 0 fully saturated rings. The number of alkyl halides is 3. The van der Waals surface area contributed by atoms with Gasteiger partial charge in [-0.25, -0.2) is 0 Å². The van der Waals surface area contributed by atoms with Gasteiger partial charge in [-0.2, -0.15) is 0 Å². The molecule has 0 unspecified atom stereocenters. The molecule has 33 heavy (non-hydrogen) atoms. The average molecular weight is 474 g/mol. The molecule has 0 saturated carbocycles. The van der Waals surface area contributed by atoms with Crippen molar-refractivity contribution in [3.63, 3.8) is 0 Å². The third-order valence-corrected chi connectivity index (χ3v) is 5.78. The quantitative estimate of drug-likeness (QED) is 0.391. The lowest BCUT2D eigenvalue weighted by atomic mass is 9.90. The Hall–Kier alpha value is -3.32. The molecule has 3 aromatic carbocycles. The normalized spacial score (nSPS) is 18.0. The van der Waals surface area contributed by atoms with Gasteiger partial charge in [-0.05, 0) is 34.9 Å². The molecule has 0 N–H and O–H groups in total. The molecule has 4 rings (SSSR count). The largest absolute Gasteiger partial charge is 0.573 e. The van der Waals surface area contributed by atoms with Gasteiger partial charge in [0, 0.05) is 22.7 Å². The maximum absolute atomic E-state index is 12.5. The first-order valence-electron chi connectivity index (χ1n) is 10.1. The third-order valence-electron chi connectivity index (χ3n) is 5.45. The fourth-order valence-corrected chi connectivity index (χ4v) is 4.14. The van der Waals surface area contributed by atoms with Gasteiger partial charge in [0.25, 0.3) is 0 Å². The van der Waals surface area contributed by atoms with Gasteiger partial charge in [-0.15, -0.1) is 13.2 Å². The molecule has 0 spiro atoms. The summed E-state index contributed by atoms with van der Waals surface area (Å²) in [5, 5.41) is 0.564. The van der Waals surface area contributed by atoms with Crippen LogP contribution in [0.25, 0.3) is 11.1 Å². The summed E-state index contributed by atoms with van der Waals surface area (Å²) in [7, 11) is 1.35. The fraction of sp³-hybridized carbons (Fsp3) is 0.200. The van der Waals surface area contributed by atoms with Crippen molar-refractivity contribution in [3.05, 3.63) is 88.9 Å². The van der Waals surface area contributed by atoms with E-state index in [1.807, 2.05) is 42.5 Å². The molecule has 0 radical (unpaired) electrons. The number of carbonyl (C=O) groups excluding carboxylic acids is 1. The molecular formula is C25H19ClF3NO3. The van der Waals surface area contributed by atoms with Crippen LogP contribution in [0.4, 0.5) is 13.2 Å². The lowest BCUT2D eigenvalue weighted by molar-refractivity contribution is -0.274. The van der Waals surface area contributed by atoms with Crippen molar-refractivity contribution in [2.45, 2.75) is 18.8 Å². The van der Waals surface area contributed by atoms with Crippen LogP contribution in [0.2, 0.25) is 5.02 Å². The average Bonchev–Trinajstić information content (AvgIpc) is 3.24. The number of hydrogen-bond donors (Lipinski definition) is 0. The van der Waals surface area contributed by atoms with Crippen LogP contribution in [-0.4, -0.2) is 25.2 Å². The van der Waals surface area contributed by atoms with E-state index in [1.165, 1.54) is 19.2 Å². The molecule has 3 aromatic rings. The molecule has 1 aliphatic rings. The number of halogens is 4. The number of benzene rings is 3. The lowest BCUT2D eigenvalue weighted by Gasteiger charge is -2.16. The minimum Gasteiger partial charge on any atom is -0.469 e. The highest BCUT2D eigenvalue weighted by Crippen LogP contribution is 2.39. The highest BCUT2D eigenvalue weighted by atomic mass is 35.5. The van der Waals surface area contributed by atoms with Gasteiger partial charge in [0.1, 0.15) is 5.75 Å². The lowest BCUT2D eigenvalue weighted by Crippen LogP contribution is -2.20. The zero-order valence-electron chi connectivity index (χ0n) is 17.5. The second-order valence-electron chi connectivity index (χ2n) is 7.53. The van der Waals surface area contributed by atoms with Crippen molar-refractivity contribution in [2.75, 3.05) is 7.11 Å². The van der Waals surface area contributed by atoms with Gasteiger partial charge in [-0.3, -0.25) is 9.79 Å². The third kappa shape index (κ3) is 5.20. The van der Waals surface area contributed by atoms with Gasteiger partial charge in [0.05, 0.1) is 19.1 Å². The summed E-state index contributed by atoms with van der Waals surface area (Å²) in [6, 6.07) is 19.9. The highest BCUT2D eigenvalue weighted by Gasteiger charge is 2.37. The van der Waals surface area contributed by atoms with E-state index in [4.69, 9.17) is 21.3 Å². The second-order valence-corrected chi connectivity index (χ2v) is 7.94. The van der Waals surface area contributed by atoms with Crippen molar-refractivity contribution in [1.29, 1.82) is 0 Å². The molecular weight excluding hydrogens is 455 g/mol. The number of ether oxygens (including phenoxy) is 2. The fourth-order valence-electron chi connectivity index (χ4n) is 3.90. The van der Waals surface area contributed by atoms with Crippen LogP contribution in [0.5, 0.6) is 5.75 Å². The minimum atomic E-state index is -4.73. The smallest absolute Gasteiger partial charge is 0.469 e. The van der Waals surface area contributed by atoms with Gasteiger partial charge in [0.2, 0.25) is 0 Å². The van der Waals surface area contributed by atoms with E-state index in [1.54, 1.807) is 18.2 Å². The number of rotatable bonds is 5. The monoisotopic (exact) mass is 473 g/mol. The number of hydrogen-bond acceptors (Lipinski definition) is 4. The maximum atomic E-state index is 12.5. The molecule has 2 atom stereocenters. The van der Waals surface area contributed by atoms with Crippen molar-refractivity contribution < 1.29 is 27.4 Å². The number of esters is 1. The Balaban J connectivity index is 1.59. The van der Waals surface area contributed by atoms with E-state index < -0.39 is 18.3 Å². The predicted octanol–water partition coefficient (Wildman–Crippen LogP) is 6.63. The Kier molecular flexibility index (Phi) is 6.42. The van der Waals surface area contributed by atoms with Crippen molar-refractivity contribution in [2.24, 2.45) is 10.9 Å². The summed E-state index contributed by atoms with van der Waals surface area (Å²) in [5.41, 5.74) is 3.89. The molecule has 0 bridgehead atoms. The van der Waals surface area contributed by atoms with Crippen LogP contribution < -0.4 is 4.74 Å². The second kappa shape index (κ2) is 9.27. The Morgan fingerprint density at radius 3 is 2.15 bits per heavy atom. The summed E-state index contributed by atoms with van der Waals surface area (Å²) in [5.74, 6) is -1.11. The summed E-state index contributed by atoms with van der Waals surface area (Å²) < 4.78 is 46.0. The molecule has 0 aliphatic carbocycles. The predicted molar refractivity (Wildman–Crippen MR) is 119 cm³/mol. The highest BCUT2D eigenvalue weighted by molar-refractivity contribution is 6.34. The molecule has 0 aromatic heterocycles. The first-order chi connectivity index (χ1) is 15.7. The van der Waals surface area contributed by atoms with E-state index in [0.717, 1.165) is 28.0 Å². The van der Waals surface area contributed by atoms with E-state index in [-0.39, 0.29) is 11.7 Å². The van der Waals surface area contributed by atoms with E-state index in [2.05, 4.69) is 4.74 Å². The minimum absolute atomic E-state index is 0.281. The molecule has 0 saturated heterocycles. The van der Waals surface area contributed by atoms with E-state index in [0.29, 0.717) is 11.4 Å². The van der Waals surface area contributed by atoms with Crippen LogP contribution >= 0.6 is 11.6 Å². The van der Waals surface area contributed by atoms with Crippen LogP contribution in [0, 0.1) is 5.92 Å². The topological polar surface area (TPSA) is 47.9 Å². The summed E-state index contributed by atoms with van der Waals surface area (Å²) in [4.78, 5) is 17.3. The van der Waals surface area contributed by atoms with Crippen LogP contribution in [0.15, 0.2) is 77.8 Å². The van der Waals surface area contributed by atoms with E-state index >= 15 is 0 Å². The SMILES string of the molecule is COC(=O)[C@@H]1CC(c2ccccc2Cl)=N[C@@H]1c1ccc(-c2ccc(OC(F)(F)F)cc2)cc1. The van der Waals surface area contributed by atoms with Crippen molar-refractivity contribution in [1.82, 2.24) is 0 Å². The maximum Gasteiger partial charge on any atom is 0.573 e. The Morgan fingerprint density at radius 1 is 0.970 bits per heavy atom. The molecule has 0 amide bonds. The molecule has 8 heteroatoms. The number of aliphatic imine (C=N–C) groups is 1. The van der Waals surface area contributed by atoms with Crippen molar-refractivity contribution in [3.8, 4) is 16.9 Å². The van der Waals surface area contributed by atoms with Gasteiger partial charge < -0.3 is 9.47 Å². The Morgan fingerprint density at radius 2 is 1.58 bits per heavy atom. The van der Waals surface area contributed by atoms with Crippen molar-refractivity contribution >= 4 is 23.3 Å². The molecule has 170 valence electrons. The van der Waals surface area contributed by atoms with Crippen LogP contribution in [-0.2, 0) is 9.53 Å². The Bertz CT molecular complexity index is 1170. The zero-order chi connectivity index (χ0) is 23.6. The number of nitrogens with zero attached hydrogens (tertiary/aromatic N) is 1. The molecule has 1 aliphatic heterocycles. The number of carbonyl (C=O) groups is 1. The molecule has 1 heterocycles. The number of methoxy groups -OCH3 is 1. The van der Waals surface area contributed by atoms with Gasteiger partial charge in [0.15, 0.2) is 0 Å². The van der Waals surface area contributed by atoms with Crippen LogP contribution in [0.1, 0.15) is 23.6 Å². The van der Waals surface area contributed by atoms with Gasteiger partial charge >= 0.3 is 12.3 Å². The summed E-state index contributed by atoms with van der Waals surface area (Å²) >= 11 is 6.33. The Labute approximate surface area is 193 Å². The summed E-state index contributed by atoms with van der Waals surface area (Å²) in [6.45, 7) is 0. The first-order valence-corrected chi connectivity index (χ1v) is 10.5. The first kappa shape index (κ1) is 22.9. The van der Waals surface area contributed by atoms with Crippen LogP contribution in [0.3, 0.4) is 0 Å².